The van der Waals surface area contributed by atoms with Crippen molar-refractivity contribution < 1.29 is 27.1 Å². The molecule has 0 bridgehead atoms. The van der Waals surface area contributed by atoms with Gasteiger partial charge in [-0.15, -0.1) is 0 Å². The molecule has 1 fully saturated rings. The smallest absolute Gasteiger partial charge is 0.419 e. The highest BCUT2D eigenvalue weighted by molar-refractivity contribution is 5.86. The average Bonchev–Trinajstić information content (AvgIpc) is 3.52. The van der Waals surface area contributed by atoms with Crippen LogP contribution < -0.4 is 10.9 Å². The molecule has 1 amide bonds. The fourth-order valence-electron chi connectivity index (χ4n) is 3.96. The topological polar surface area (TPSA) is 86.1 Å². The minimum absolute atomic E-state index is 0.0998. The van der Waals surface area contributed by atoms with E-state index in [-0.39, 0.29) is 22.3 Å². The number of fused-ring (bicyclic) bond motifs is 1. The van der Waals surface area contributed by atoms with E-state index in [1.54, 1.807) is 33.0 Å². The number of alkyl carbamates (subject to hydrolysis) is 1. The van der Waals surface area contributed by atoms with Crippen LogP contribution in [0, 0.1) is 5.82 Å². The van der Waals surface area contributed by atoms with Crippen molar-refractivity contribution >= 4 is 16.9 Å². The van der Waals surface area contributed by atoms with E-state index < -0.39 is 34.8 Å². The molecule has 0 radical (unpaired) electrons. The van der Waals surface area contributed by atoms with Crippen LogP contribution in [0.25, 0.3) is 22.2 Å². The Hall–Kier alpha value is -3.50. The number of hydrogen-bond acceptors (Lipinski definition) is 5. The van der Waals surface area contributed by atoms with Gasteiger partial charge in [0.2, 0.25) is 0 Å². The van der Waals surface area contributed by atoms with Crippen molar-refractivity contribution in [2.75, 3.05) is 0 Å². The molecule has 1 aliphatic carbocycles. The van der Waals surface area contributed by atoms with E-state index in [1.165, 1.54) is 10.6 Å². The van der Waals surface area contributed by atoms with Gasteiger partial charge in [0.25, 0.3) is 5.56 Å². The van der Waals surface area contributed by atoms with E-state index in [9.17, 15) is 27.2 Å². The third kappa shape index (κ3) is 5.83. The minimum Gasteiger partial charge on any atom is -0.444 e. The number of rotatable bonds is 6. The number of pyridine rings is 1. The molecule has 36 heavy (non-hydrogen) atoms. The zero-order chi connectivity index (χ0) is 26.3. The Labute approximate surface area is 204 Å². The number of carbonyl (C=O) groups is 1. The molecule has 2 heterocycles. The van der Waals surface area contributed by atoms with Gasteiger partial charge >= 0.3 is 12.3 Å². The van der Waals surface area contributed by atoms with Crippen LogP contribution in [0.3, 0.4) is 0 Å². The molecule has 1 N–H and O–H groups in total. The second kappa shape index (κ2) is 9.18. The highest BCUT2D eigenvalue weighted by atomic mass is 19.4. The first-order valence-electron chi connectivity index (χ1n) is 11.5. The van der Waals surface area contributed by atoms with Gasteiger partial charge in [0.15, 0.2) is 5.82 Å². The first kappa shape index (κ1) is 25.6. The first-order chi connectivity index (χ1) is 16.8. The maximum absolute atomic E-state index is 14.8. The summed E-state index contributed by atoms with van der Waals surface area (Å²) in [5.74, 6) is -1.02. The Bertz CT molecular complexity index is 1340. The highest BCUT2D eigenvalue weighted by Crippen LogP contribution is 2.40. The Morgan fingerprint density at radius 1 is 1.17 bits per heavy atom. The number of nitrogens with zero attached hydrogens (tertiary/aromatic N) is 3. The lowest BCUT2D eigenvalue weighted by molar-refractivity contribution is -0.138. The van der Waals surface area contributed by atoms with Crippen LogP contribution in [-0.2, 0) is 17.5 Å². The van der Waals surface area contributed by atoms with E-state index in [0.717, 1.165) is 18.9 Å². The van der Waals surface area contributed by atoms with Gasteiger partial charge in [0.1, 0.15) is 11.4 Å². The summed E-state index contributed by atoms with van der Waals surface area (Å²) in [6.45, 7) is 5.75. The van der Waals surface area contributed by atoms with E-state index in [0.29, 0.717) is 37.2 Å². The summed E-state index contributed by atoms with van der Waals surface area (Å²) in [5, 5.41) is 3.48. The predicted octanol–water partition coefficient (Wildman–Crippen LogP) is 5.45. The van der Waals surface area contributed by atoms with Crippen LogP contribution in [0.5, 0.6) is 0 Å². The predicted molar refractivity (Wildman–Crippen MR) is 125 cm³/mol. The summed E-state index contributed by atoms with van der Waals surface area (Å²) in [7, 11) is 0. The Morgan fingerprint density at radius 3 is 2.42 bits per heavy atom. The van der Waals surface area contributed by atoms with Crippen LogP contribution in [-0.4, -0.2) is 31.8 Å². The third-order valence-electron chi connectivity index (χ3n) is 5.96. The first-order valence-corrected chi connectivity index (χ1v) is 11.5. The molecular weight excluding hydrogens is 480 g/mol. The summed E-state index contributed by atoms with van der Waals surface area (Å²) in [6, 6.07) is 4.04. The lowest BCUT2D eigenvalue weighted by atomic mass is 10.1. The van der Waals surface area contributed by atoms with Gasteiger partial charge < -0.3 is 14.6 Å². The third-order valence-corrected chi connectivity index (χ3v) is 5.96. The second-order valence-corrected chi connectivity index (χ2v) is 10.0. The van der Waals surface area contributed by atoms with Gasteiger partial charge in [0.05, 0.1) is 16.5 Å². The summed E-state index contributed by atoms with van der Waals surface area (Å²) in [4.78, 5) is 32.3. The molecule has 0 spiro atoms. The fourth-order valence-corrected chi connectivity index (χ4v) is 3.96. The van der Waals surface area contributed by atoms with E-state index in [1.807, 2.05) is 0 Å². The zero-order valence-electron chi connectivity index (χ0n) is 20.1. The van der Waals surface area contributed by atoms with Crippen molar-refractivity contribution in [2.24, 2.45) is 0 Å². The van der Waals surface area contributed by atoms with Gasteiger partial charge in [-0.1, -0.05) is 0 Å². The number of aromatic nitrogens is 3. The van der Waals surface area contributed by atoms with Crippen LogP contribution in [0.1, 0.15) is 52.0 Å². The van der Waals surface area contributed by atoms with Crippen LogP contribution in [0.4, 0.5) is 22.4 Å². The quantitative estimate of drug-likeness (QED) is 0.449. The van der Waals surface area contributed by atoms with Crippen molar-refractivity contribution in [1.29, 1.82) is 0 Å². The normalized spacial score (nSPS) is 15.1. The van der Waals surface area contributed by atoms with E-state index >= 15 is 0 Å². The number of ether oxygens (including phenoxy) is 1. The lowest BCUT2D eigenvalue weighted by Gasteiger charge is -2.23. The summed E-state index contributed by atoms with van der Waals surface area (Å²) in [6.07, 6.45) is 0.639. The van der Waals surface area contributed by atoms with Gasteiger partial charge in [-0.3, -0.25) is 4.79 Å². The van der Waals surface area contributed by atoms with Crippen LogP contribution >= 0.6 is 0 Å². The molecule has 1 saturated carbocycles. The van der Waals surface area contributed by atoms with Crippen molar-refractivity contribution in [2.45, 2.75) is 70.3 Å². The Kier molecular flexibility index (Phi) is 6.52. The molecule has 0 unspecified atom stereocenters. The standard InChI is InChI=1S/C25H26F4N4O3/c1-23(2,3)36-22(35)32-24(7-8-24)6-4-9-33-10-5-15-11-18(19(26)12-17(15)21(33)34)20-30-13-16(14-31-20)25(27,28)29/h5,10-14H,4,6-9H2,1-3H3,(H,32,35). The molecule has 1 aliphatic rings. The maximum Gasteiger partial charge on any atom is 0.419 e. The Morgan fingerprint density at radius 2 is 1.83 bits per heavy atom. The summed E-state index contributed by atoms with van der Waals surface area (Å²) in [5.41, 5.74) is -2.45. The number of benzene rings is 1. The number of amides is 1. The number of halogens is 4. The summed E-state index contributed by atoms with van der Waals surface area (Å²) >= 11 is 0. The zero-order valence-corrected chi connectivity index (χ0v) is 20.1. The molecule has 7 nitrogen and oxygen atoms in total. The number of carbonyl (C=O) groups excluding carboxylic acids is 1. The molecule has 1 aromatic carbocycles. The van der Waals surface area contributed by atoms with Crippen molar-refractivity contribution in [3.8, 4) is 11.4 Å². The monoisotopic (exact) mass is 506 g/mol. The molecule has 192 valence electrons. The lowest BCUT2D eigenvalue weighted by Crippen LogP contribution is -2.40. The number of hydrogen-bond donors (Lipinski definition) is 1. The van der Waals surface area contributed by atoms with Crippen molar-refractivity contribution in [1.82, 2.24) is 19.9 Å². The minimum atomic E-state index is -4.60. The van der Waals surface area contributed by atoms with Gasteiger partial charge in [-0.2, -0.15) is 13.2 Å². The van der Waals surface area contributed by atoms with Crippen molar-refractivity contribution in [3.63, 3.8) is 0 Å². The van der Waals surface area contributed by atoms with Gasteiger partial charge in [0, 0.05) is 30.7 Å². The molecular formula is C25H26F4N4O3. The fraction of sp³-hybridized carbons (Fsp3) is 0.440. The number of alkyl halides is 3. The van der Waals surface area contributed by atoms with Crippen molar-refractivity contribution in [3.05, 3.63) is 58.5 Å². The summed E-state index contributed by atoms with van der Waals surface area (Å²) < 4.78 is 59.8. The molecule has 3 aromatic rings. The number of nitrogens with one attached hydrogen (secondary N) is 1. The maximum atomic E-state index is 14.8. The van der Waals surface area contributed by atoms with Gasteiger partial charge in [-0.05, 0) is 70.0 Å². The Balaban J connectivity index is 1.46. The van der Waals surface area contributed by atoms with E-state index in [4.69, 9.17) is 4.74 Å². The highest BCUT2D eigenvalue weighted by Gasteiger charge is 2.44. The molecule has 0 atom stereocenters. The number of aryl methyl sites for hydroxylation is 1. The van der Waals surface area contributed by atoms with E-state index in [2.05, 4.69) is 15.3 Å². The van der Waals surface area contributed by atoms with Crippen LogP contribution in [0.2, 0.25) is 0 Å². The molecule has 0 aliphatic heterocycles. The molecule has 0 saturated heterocycles. The second-order valence-electron chi connectivity index (χ2n) is 10.0. The molecule has 2 aromatic heterocycles. The molecule has 4 rings (SSSR count). The molecule has 11 heteroatoms. The van der Waals surface area contributed by atoms with Gasteiger partial charge in [-0.25, -0.2) is 19.2 Å². The SMILES string of the molecule is CC(C)(C)OC(=O)NC1(CCCn2ccc3cc(-c4ncc(C(F)(F)F)cn4)c(F)cc3c2=O)CC1. The van der Waals surface area contributed by atoms with Crippen LogP contribution in [0.15, 0.2) is 41.6 Å². The average molecular weight is 507 g/mol. The largest absolute Gasteiger partial charge is 0.444 e.